The molecule has 1 heterocycles. The number of amidine groups is 1. The van der Waals surface area contributed by atoms with E-state index >= 15 is 0 Å². The van der Waals surface area contributed by atoms with Crippen molar-refractivity contribution in [2.24, 2.45) is 10.7 Å². The van der Waals surface area contributed by atoms with Gasteiger partial charge in [0.1, 0.15) is 11.6 Å². The van der Waals surface area contributed by atoms with E-state index < -0.39 is 0 Å². The fraction of sp³-hybridized carbons (Fsp3) is 0.529. The molecule has 124 valence electrons. The first-order valence-corrected chi connectivity index (χ1v) is 7.95. The monoisotopic (exact) mass is 317 g/mol. The molecule has 0 fully saturated rings. The van der Waals surface area contributed by atoms with Gasteiger partial charge in [-0.25, -0.2) is 9.79 Å². The highest BCUT2D eigenvalue weighted by molar-refractivity contribution is 5.88. The normalized spacial score (nSPS) is 25.5. The van der Waals surface area contributed by atoms with Crippen LogP contribution in [0.3, 0.4) is 0 Å². The van der Waals surface area contributed by atoms with Crippen LogP contribution in [0.25, 0.3) is 0 Å². The average molecular weight is 317 g/mol. The topological polar surface area (TPSA) is 77.2 Å². The Morgan fingerprint density at radius 1 is 1.57 bits per heavy atom. The highest BCUT2D eigenvalue weighted by Gasteiger charge is 2.47. The van der Waals surface area contributed by atoms with E-state index in [1.165, 1.54) is 18.2 Å². The Morgan fingerprint density at radius 2 is 2.35 bits per heavy atom. The van der Waals surface area contributed by atoms with Crippen molar-refractivity contribution in [1.82, 2.24) is 0 Å². The molecule has 6 heteroatoms. The maximum absolute atomic E-state index is 11.8. The molecular weight excluding hydrogens is 294 g/mol. The molecule has 1 aromatic carbocycles. The Hall–Kier alpha value is -2.24. The maximum atomic E-state index is 11.8. The van der Waals surface area contributed by atoms with Crippen LogP contribution in [0.2, 0.25) is 0 Å². The standard InChI is InChI=1S/C17H23N3O3/c1-4-14-17(19-15(18)23-14)9-8-12-11(10-17)6-5-7-13(12)20(2)16(21)22-3/h5-7,14H,4,8-10H2,1-3H3,(H2,18,19). The summed E-state index contributed by atoms with van der Waals surface area (Å²) in [7, 11) is 3.12. The zero-order valence-electron chi connectivity index (χ0n) is 13.8. The van der Waals surface area contributed by atoms with E-state index in [1.54, 1.807) is 11.9 Å². The van der Waals surface area contributed by atoms with Gasteiger partial charge in [0.05, 0.1) is 12.8 Å². The van der Waals surface area contributed by atoms with Gasteiger partial charge < -0.3 is 15.2 Å². The molecule has 2 aliphatic rings. The summed E-state index contributed by atoms with van der Waals surface area (Å²) >= 11 is 0. The minimum atomic E-state index is -0.364. The Morgan fingerprint density at radius 3 is 3.04 bits per heavy atom. The molecule has 1 spiro atoms. The molecule has 0 bridgehead atoms. The second-order valence-corrected chi connectivity index (χ2v) is 6.19. The molecule has 0 radical (unpaired) electrons. The molecule has 1 amide bonds. The molecule has 0 saturated heterocycles. The van der Waals surface area contributed by atoms with Crippen LogP contribution in [0.5, 0.6) is 0 Å². The zero-order valence-corrected chi connectivity index (χ0v) is 13.8. The first-order chi connectivity index (χ1) is 11.0. The van der Waals surface area contributed by atoms with Crippen LogP contribution < -0.4 is 10.6 Å². The molecule has 2 unspecified atom stereocenters. The van der Waals surface area contributed by atoms with Gasteiger partial charge in [-0.15, -0.1) is 0 Å². The van der Waals surface area contributed by atoms with E-state index in [1.807, 2.05) is 12.1 Å². The SMILES string of the molecule is CCC1OC(N)=NC12CCc1c(cccc1N(C)C(=O)OC)C2. The summed E-state index contributed by atoms with van der Waals surface area (Å²) in [5, 5.41) is 0. The lowest BCUT2D eigenvalue weighted by Gasteiger charge is -2.36. The summed E-state index contributed by atoms with van der Waals surface area (Å²) in [6.07, 6.45) is 3.02. The van der Waals surface area contributed by atoms with Gasteiger partial charge in [-0.1, -0.05) is 19.1 Å². The second-order valence-electron chi connectivity index (χ2n) is 6.19. The van der Waals surface area contributed by atoms with Gasteiger partial charge in [-0.05, 0) is 36.5 Å². The van der Waals surface area contributed by atoms with E-state index in [0.717, 1.165) is 31.4 Å². The molecule has 23 heavy (non-hydrogen) atoms. The number of hydrogen-bond acceptors (Lipinski definition) is 5. The Balaban J connectivity index is 1.96. The van der Waals surface area contributed by atoms with Crippen LogP contribution in [-0.4, -0.2) is 37.9 Å². The Bertz CT molecular complexity index is 658. The molecule has 1 aliphatic heterocycles. The molecule has 0 aromatic heterocycles. The number of fused-ring (bicyclic) bond motifs is 1. The number of benzene rings is 1. The fourth-order valence-corrected chi connectivity index (χ4v) is 3.79. The number of aliphatic imine (C=N–C) groups is 1. The Kier molecular flexibility index (Phi) is 3.92. The van der Waals surface area contributed by atoms with Crippen molar-refractivity contribution in [3.05, 3.63) is 29.3 Å². The van der Waals surface area contributed by atoms with Crippen molar-refractivity contribution in [3.63, 3.8) is 0 Å². The van der Waals surface area contributed by atoms with Crippen LogP contribution in [0.15, 0.2) is 23.2 Å². The van der Waals surface area contributed by atoms with Crippen molar-refractivity contribution in [2.45, 2.75) is 44.2 Å². The molecule has 2 N–H and O–H groups in total. The lowest BCUT2D eigenvalue weighted by Crippen LogP contribution is -2.43. The minimum absolute atomic E-state index is 0.0256. The second kappa shape index (κ2) is 5.76. The number of nitrogens with zero attached hydrogens (tertiary/aromatic N) is 2. The van der Waals surface area contributed by atoms with Gasteiger partial charge in [0.25, 0.3) is 6.02 Å². The van der Waals surface area contributed by atoms with Gasteiger partial charge in [0, 0.05) is 13.5 Å². The zero-order chi connectivity index (χ0) is 16.6. The van der Waals surface area contributed by atoms with Crippen LogP contribution in [0.4, 0.5) is 10.5 Å². The first kappa shape index (κ1) is 15.6. The number of nitrogens with two attached hydrogens (primary N) is 1. The van der Waals surface area contributed by atoms with E-state index in [4.69, 9.17) is 15.2 Å². The van der Waals surface area contributed by atoms with E-state index in [-0.39, 0.29) is 17.7 Å². The van der Waals surface area contributed by atoms with Crippen molar-refractivity contribution in [2.75, 3.05) is 19.1 Å². The quantitative estimate of drug-likeness (QED) is 0.907. The number of rotatable bonds is 2. The highest BCUT2D eigenvalue weighted by atomic mass is 16.5. The smallest absolute Gasteiger partial charge is 0.413 e. The van der Waals surface area contributed by atoms with Gasteiger partial charge in [0.15, 0.2) is 0 Å². The molecular formula is C17H23N3O3. The molecule has 1 aliphatic carbocycles. The predicted molar refractivity (Wildman–Crippen MR) is 88.8 cm³/mol. The predicted octanol–water partition coefficient (Wildman–Crippen LogP) is 2.24. The molecule has 0 saturated carbocycles. The maximum Gasteiger partial charge on any atom is 0.413 e. The summed E-state index contributed by atoms with van der Waals surface area (Å²) in [5.41, 5.74) is 8.83. The third-order valence-corrected chi connectivity index (χ3v) is 4.93. The van der Waals surface area contributed by atoms with Crippen molar-refractivity contribution < 1.29 is 14.3 Å². The highest BCUT2D eigenvalue weighted by Crippen LogP contribution is 2.42. The Labute approximate surface area is 136 Å². The summed E-state index contributed by atoms with van der Waals surface area (Å²) < 4.78 is 10.5. The number of hydrogen-bond donors (Lipinski definition) is 1. The van der Waals surface area contributed by atoms with Crippen molar-refractivity contribution in [1.29, 1.82) is 0 Å². The van der Waals surface area contributed by atoms with E-state index in [2.05, 4.69) is 18.0 Å². The first-order valence-electron chi connectivity index (χ1n) is 7.95. The fourth-order valence-electron chi connectivity index (χ4n) is 3.79. The van der Waals surface area contributed by atoms with E-state index in [9.17, 15) is 4.79 Å². The number of ether oxygens (including phenoxy) is 2. The number of methoxy groups -OCH3 is 1. The van der Waals surface area contributed by atoms with Crippen LogP contribution >= 0.6 is 0 Å². The van der Waals surface area contributed by atoms with Gasteiger partial charge in [0.2, 0.25) is 0 Å². The molecule has 3 rings (SSSR count). The third-order valence-electron chi connectivity index (χ3n) is 4.93. The van der Waals surface area contributed by atoms with Gasteiger partial charge in [-0.3, -0.25) is 4.90 Å². The molecule has 1 aromatic rings. The van der Waals surface area contributed by atoms with Gasteiger partial charge >= 0.3 is 6.09 Å². The molecule has 2 atom stereocenters. The van der Waals surface area contributed by atoms with Gasteiger partial charge in [-0.2, -0.15) is 0 Å². The number of anilines is 1. The number of carbonyl (C=O) groups excluding carboxylic acids is 1. The number of carbonyl (C=O) groups is 1. The van der Waals surface area contributed by atoms with Crippen LogP contribution in [0.1, 0.15) is 30.9 Å². The summed E-state index contributed by atoms with van der Waals surface area (Å²) in [6.45, 7) is 2.09. The summed E-state index contributed by atoms with van der Waals surface area (Å²) in [5.74, 6) is 0. The average Bonchev–Trinajstić information content (AvgIpc) is 2.87. The third kappa shape index (κ3) is 2.52. The number of amides is 1. The summed E-state index contributed by atoms with van der Waals surface area (Å²) in [4.78, 5) is 18.0. The van der Waals surface area contributed by atoms with Crippen LogP contribution in [0, 0.1) is 0 Å². The lowest BCUT2D eigenvalue weighted by molar-refractivity contribution is 0.119. The van der Waals surface area contributed by atoms with Crippen molar-refractivity contribution >= 4 is 17.8 Å². The summed E-state index contributed by atoms with van der Waals surface area (Å²) in [6, 6.07) is 6.31. The minimum Gasteiger partial charge on any atom is -0.460 e. The van der Waals surface area contributed by atoms with Crippen LogP contribution in [-0.2, 0) is 22.3 Å². The lowest BCUT2D eigenvalue weighted by atomic mass is 9.74. The van der Waals surface area contributed by atoms with Crippen molar-refractivity contribution in [3.8, 4) is 0 Å². The molecule has 6 nitrogen and oxygen atoms in total. The van der Waals surface area contributed by atoms with E-state index in [0.29, 0.717) is 6.02 Å². The largest absolute Gasteiger partial charge is 0.460 e.